The van der Waals surface area contributed by atoms with Gasteiger partial charge in [0.1, 0.15) is 0 Å². The fraction of sp³-hybridized carbons (Fsp3) is 0.933. The number of halogens is 4. The molecule has 0 saturated heterocycles. The molecule has 122 valence electrons. The maximum Gasteiger partial charge on any atom is 0.391 e. The van der Waals surface area contributed by atoms with Crippen LogP contribution in [0.4, 0.5) is 13.2 Å². The highest BCUT2D eigenvalue weighted by Crippen LogP contribution is 2.41. The van der Waals surface area contributed by atoms with Gasteiger partial charge in [0.25, 0.3) is 0 Å². The monoisotopic (exact) mass is 325 g/mol. The summed E-state index contributed by atoms with van der Waals surface area (Å²) in [7, 11) is 1.70. The van der Waals surface area contributed by atoms with E-state index in [1.807, 2.05) is 0 Å². The molecule has 0 aromatic rings. The fourth-order valence-electron chi connectivity index (χ4n) is 3.67. The van der Waals surface area contributed by atoms with Crippen molar-refractivity contribution >= 4 is 17.5 Å². The number of hydrogen-bond donors (Lipinski definition) is 0. The van der Waals surface area contributed by atoms with E-state index in [-0.39, 0.29) is 30.2 Å². The van der Waals surface area contributed by atoms with Crippen LogP contribution < -0.4 is 0 Å². The Hall–Kier alpha value is -0.450. The van der Waals surface area contributed by atoms with E-state index in [1.54, 1.807) is 11.9 Å². The molecule has 2 aliphatic carbocycles. The lowest BCUT2D eigenvalue weighted by Crippen LogP contribution is -2.47. The lowest BCUT2D eigenvalue weighted by Gasteiger charge is -2.38. The Kier molecular flexibility index (Phi) is 5.44. The van der Waals surface area contributed by atoms with E-state index in [0.29, 0.717) is 12.8 Å². The van der Waals surface area contributed by atoms with Gasteiger partial charge in [0.2, 0.25) is 5.91 Å². The van der Waals surface area contributed by atoms with E-state index in [2.05, 4.69) is 0 Å². The average molecular weight is 326 g/mol. The molecule has 0 spiro atoms. The molecule has 6 heteroatoms. The third kappa shape index (κ3) is 4.05. The molecule has 0 heterocycles. The number of rotatable bonds is 2. The van der Waals surface area contributed by atoms with Crippen molar-refractivity contribution < 1.29 is 18.0 Å². The van der Waals surface area contributed by atoms with Crippen molar-refractivity contribution in [1.82, 2.24) is 4.90 Å². The molecular weight excluding hydrogens is 303 g/mol. The average Bonchev–Trinajstić information content (AvgIpc) is 2.45. The molecule has 0 aliphatic heterocycles. The minimum Gasteiger partial charge on any atom is -0.341 e. The van der Waals surface area contributed by atoms with Crippen LogP contribution in [0.3, 0.4) is 0 Å². The highest BCUT2D eigenvalue weighted by atomic mass is 35.5. The zero-order valence-electron chi connectivity index (χ0n) is 12.3. The molecule has 0 radical (unpaired) electrons. The Labute approximate surface area is 129 Å². The minimum absolute atomic E-state index is 0.0285. The summed E-state index contributed by atoms with van der Waals surface area (Å²) in [5.41, 5.74) is 0. The highest BCUT2D eigenvalue weighted by molar-refractivity contribution is 6.21. The summed E-state index contributed by atoms with van der Waals surface area (Å²) in [4.78, 5) is 14.1. The van der Waals surface area contributed by atoms with Gasteiger partial charge in [0.05, 0.1) is 11.3 Å². The molecule has 2 saturated carbocycles. The van der Waals surface area contributed by atoms with E-state index in [0.717, 1.165) is 25.7 Å². The molecule has 2 fully saturated rings. The second-order valence-electron chi connectivity index (χ2n) is 6.42. The van der Waals surface area contributed by atoms with E-state index in [9.17, 15) is 18.0 Å². The van der Waals surface area contributed by atoms with Crippen molar-refractivity contribution in [2.45, 2.75) is 69.0 Å². The molecular formula is C15H23ClF3NO. The first-order valence-corrected chi connectivity index (χ1v) is 8.21. The maximum absolute atomic E-state index is 12.8. The SMILES string of the molecule is CN(C(=O)C1CCCC(C(F)(F)F)C1)C1CCCCC1Cl. The van der Waals surface area contributed by atoms with Crippen LogP contribution in [0.25, 0.3) is 0 Å². The zero-order valence-corrected chi connectivity index (χ0v) is 13.1. The highest BCUT2D eigenvalue weighted by Gasteiger charge is 2.44. The Balaban J connectivity index is 1.98. The van der Waals surface area contributed by atoms with Gasteiger partial charge in [-0.15, -0.1) is 11.6 Å². The molecule has 2 nitrogen and oxygen atoms in total. The van der Waals surface area contributed by atoms with Crippen LogP contribution in [0, 0.1) is 11.8 Å². The normalized spacial score (nSPS) is 34.5. The first kappa shape index (κ1) is 16.9. The number of carbonyl (C=O) groups excluding carboxylic acids is 1. The third-order valence-corrected chi connectivity index (χ3v) is 5.49. The van der Waals surface area contributed by atoms with Gasteiger partial charge in [-0.05, 0) is 32.1 Å². The van der Waals surface area contributed by atoms with E-state index < -0.39 is 18.0 Å². The predicted molar refractivity (Wildman–Crippen MR) is 76.2 cm³/mol. The largest absolute Gasteiger partial charge is 0.391 e. The maximum atomic E-state index is 12.8. The second-order valence-corrected chi connectivity index (χ2v) is 6.98. The van der Waals surface area contributed by atoms with Gasteiger partial charge in [0.15, 0.2) is 0 Å². The van der Waals surface area contributed by atoms with Gasteiger partial charge in [-0.2, -0.15) is 13.2 Å². The Bertz CT molecular complexity index is 374. The molecule has 0 bridgehead atoms. The summed E-state index contributed by atoms with van der Waals surface area (Å²) >= 11 is 6.29. The zero-order chi connectivity index (χ0) is 15.6. The summed E-state index contributed by atoms with van der Waals surface area (Å²) in [6.07, 6.45) is 0.764. The van der Waals surface area contributed by atoms with Crippen molar-refractivity contribution in [3.63, 3.8) is 0 Å². The third-order valence-electron chi connectivity index (χ3n) is 4.98. The van der Waals surface area contributed by atoms with Gasteiger partial charge in [-0.3, -0.25) is 4.79 Å². The molecule has 4 atom stereocenters. The van der Waals surface area contributed by atoms with Crippen LogP contribution in [-0.2, 0) is 4.79 Å². The van der Waals surface area contributed by atoms with Crippen LogP contribution in [0.1, 0.15) is 51.4 Å². The lowest BCUT2D eigenvalue weighted by molar-refractivity contribution is -0.187. The Morgan fingerprint density at radius 1 is 1.10 bits per heavy atom. The van der Waals surface area contributed by atoms with Crippen molar-refractivity contribution in [3.05, 3.63) is 0 Å². The summed E-state index contributed by atoms with van der Waals surface area (Å²) in [6.45, 7) is 0. The topological polar surface area (TPSA) is 20.3 Å². The van der Waals surface area contributed by atoms with E-state index in [1.165, 1.54) is 0 Å². The molecule has 1 amide bonds. The van der Waals surface area contributed by atoms with Crippen LogP contribution in [-0.4, -0.2) is 35.4 Å². The van der Waals surface area contributed by atoms with Gasteiger partial charge in [-0.1, -0.05) is 19.3 Å². The predicted octanol–water partition coefficient (Wildman–Crippen LogP) is 4.36. The summed E-state index contributed by atoms with van der Waals surface area (Å²) in [6, 6.07) is -0.0285. The fourth-order valence-corrected chi connectivity index (χ4v) is 4.11. The standard InChI is InChI=1S/C15H23ClF3NO/c1-20(13-8-3-2-7-12(13)16)14(21)10-5-4-6-11(9-10)15(17,18)19/h10-13H,2-9H2,1H3. The molecule has 0 aromatic carbocycles. The van der Waals surface area contributed by atoms with Crippen LogP contribution in [0.5, 0.6) is 0 Å². The second kappa shape index (κ2) is 6.76. The smallest absolute Gasteiger partial charge is 0.341 e. The van der Waals surface area contributed by atoms with Crippen molar-refractivity contribution in [2.75, 3.05) is 7.05 Å². The molecule has 4 unspecified atom stereocenters. The first-order valence-electron chi connectivity index (χ1n) is 7.78. The van der Waals surface area contributed by atoms with Crippen molar-refractivity contribution in [1.29, 1.82) is 0 Å². The number of alkyl halides is 4. The Morgan fingerprint density at radius 3 is 2.38 bits per heavy atom. The lowest BCUT2D eigenvalue weighted by atomic mass is 9.80. The van der Waals surface area contributed by atoms with Gasteiger partial charge < -0.3 is 4.90 Å². The minimum atomic E-state index is -4.18. The van der Waals surface area contributed by atoms with Gasteiger partial charge in [-0.25, -0.2) is 0 Å². The summed E-state index contributed by atoms with van der Waals surface area (Å²) in [5.74, 6) is -1.98. The quantitative estimate of drug-likeness (QED) is 0.691. The van der Waals surface area contributed by atoms with Crippen LogP contribution >= 0.6 is 11.6 Å². The van der Waals surface area contributed by atoms with E-state index in [4.69, 9.17) is 11.6 Å². The van der Waals surface area contributed by atoms with Crippen molar-refractivity contribution in [3.8, 4) is 0 Å². The Morgan fingerprint density at radius 2 is 1.76 bits per heavy atom. The molecule has 0 N–H and O–H groups in total. The van der Waals surface area contributed by atoms with Gasteiger partial charge >= 0.3 is 6.18 Å². The summed E-state index contributed by atoms with van der Waals surface area (Å²) < 4.78 is 38.5. The van der Waals surface area contributed by atoms with Crippen molar-refractivity contribution in [2.24, 2.45) is 11.8 Å². The summed E-state index contributed by atoms with van der Waals surface area (Å²) in [5, 5.41) is -0.0743. The van der Waals surface area contributed by atoms with Crippen LogP contribution in [0.15, 0.2) is 0 Å². The number of carbonyl (C=O) groups is 1. The number of nitrogens with zero attached hydrogens (tertiary/aromatic N) is 1. The molecule has 21 heavy (non-hydrogen) atoms. The molecule has 0 aromatic heterocycles. The van der Waals surface area contributed by atoms with Gasteiger partial charge in [0, 0.05) is 19.0 Å². The number of amides is 1. The van der Waals surface area contributed by atoms with E-state index >= 15 is 0 Å². The van der Waals surface area contributed by atoms with Crippen LogP contribution in [0.2, 0.25) is 0 Å². The molecule has 2 rings (SSSR count). The first-order chi connectivity index (χ1) is 9.80. The number of hydrogen-bond acceptors (Lipinski definition) is 1. The molecule has 2 aliphatic rings.